The molecule has 0 amide bonds. The Morgan fingerprint density at radius 2 is 1.75 bits per heavy atom. The molecule has 2 aliphatic rings. The van der Waals surface area contributed by atoms with Gasteiger partial charge in [-0.3, -0.25) is 4.98 Å². The van der Waals surface area contributed by atoms with Gasteiger partial charge in [0.2, 0.25) is 0 Å². The molecule has 5 heterocycles. The molecule has 1 aromatic carbocycles. The quantitative estimate of drug-likeness (QED) is 0.454. The van der Waals surface area contributed by atoms with Crippen LogP contribution in [-0.4, -0.2) is 48.5 Å². The van der Waals surface area contributed by atoms with Gasteiger partial charge >= 0.3 is 0 Å². The molecule has 6 rings (SSSR count). The monoisotopic (exact) mass is 506 g/mol. The molecule has 0 aliphatic carbocycles. The topological polar surface area (TPSA) is 104 Å². The van der Waals surface area contributed by atoms with Gasteiger partial charge < -0.3 is 10.2 Å². The van der Waals surface area contributed by atoms with Gasteiger partial charge in [0, 0.05) is 61.3 Å². The summed E-state index contributed by atoms with van der Waals surface area (Å²) >= 11 is 0. The molecule has 182 valence electrons. The van der Waals surface area contributed by atoms with E-state index in [-0.39, 0.29) is 16.9 Å². The molecule has 0 saturated carbocycles. The second kappa shape index (κ2) is 8.36. The SMILES string of the molecule is N#Cc1ccc(-c2cncc3c2ccn3S(=O)(=O)c2cc(F)c(N3CC4CNCC4C3)c(F)c2)cn1. The van der Waals surface area contributed by atoms with Crippen LogP contribution in [0, 0.1) is 34.8 Å². The van der Waals surface area contributed by atoms with Crippen molar-refractivity contribution in [3.63, 3.8) is 0 Å². The highest BCUT2D eigenvalue weighted by Gasteiger charge is 2.38. The second-order valence-corrected chi connectivity index (χ2v) is 10.9. The van der Waals surface area contributed by atoms with E-state index in [1.165, 1.54) is 18.6 Å². The van der Waals surface area contributed by atoms with E-state index in [0.717, 1.165) is 29.2 Å². The Balaban J connectivity index is 1.38. The Morgan fingerprint density at radius 1 is 1.03 bits per heavy atom. The minimum atomic E-state index is -4.32. The van der Waals surface area contributed by atoms with E-state index >= 15 is 8.78 Å². The number of fused-ring (bicyclic) bond motifs is 2. The summed E-state index contributed by atoms with van der Waals surface area (Å²) in [4.78, 5) is 9.41. The van der Waals surface area contributed by atoms with Crippen molar-refractivity contribution in [2.75, 3.05) is 31.1 Å². The first-order chi connectivity index (χ1) is 17.4. The fraction of sp³-hybridized carbons (Fsp3) is 0.240. The van der Waals surface area contributed by atoms with Crippen molar-refractivity contribution in [2.45, 2.75) is 4.90 Å². The van der Waals surface area contributed by atoms with Crippen LogP contribution in [0.15, 0.2) is 60.0 Å². The summed E-state index contributed by atoms with van der Waals surface area (Å²) in [6, 6.07) is 8.56. The fourth-order valence-electron chi connectivity index (χ4n) is 5.24. The van der Waals surface area contributed by atoms with Crippen LogP contribution < -0.4 is 10.2 Å². The van der Waals surface area contributed by atoms with E-state index in [0.29, 0.717) is 41.4 Å². The zero-order chi connectivity index (χ0) is 25.0. The zero-order valence-corrected chi connectivity index (χ0v) is 19.7. The molecule has 3 aromatic heterocycles. The Morgan fingerprint density at radius 3 is 2.39 bits per heavy atom. The average Bonchev–Trinajstić information content (AvgIpc) is 3.59. The number of nitrogens with zero attached hydrogens (tertiary/aromatic N) is 5. The van der Waals surface area contributed by atoms with Crippen molar-refractivity contribution in [3.8, 4) is 17.2 Å². The van der Waals surface area contributed by atoms with Crippen LogP contribution in [0.5, 0.6) is 0 Å². The van der Waals surface area contributed by atoms with E-state index in [9.17, 15) is 8.42 Å². The molecule has 4 aromatic rings. The molecular weight excluding hydrogens is 486 g/mol. The molecule has 0 spiro atoms. The summed E-state index contributed by atoms with van der Waals surface area (Å²) in [5.41, 5.74) is 1.58. The number of nitriles is 1. The molecule has 2 fully saturated rings. The summed E-state index contributed by atoms with van der Waals surface area (Å²) < 4.78 is 58.2. The standard InChI is InChI=1S/C25H20F2N6O2S/c26-22-5-19(6-23(27)25(22)32-13-16-8-29-9-17(16)14-32)36(34,35)33-4-3-20-21(11-30-12-24(20)33)15-1-2-18(7-28)31-10-15/h1-6,10-12,16-17,29H,8-9,13-14H2. The normalized spacial score (nSPS) is 19.5. The van der Waals surface area contributed by atoms with E-state index in [1.54, 1.807) is 29.3 Å². The predicted octanol–water partition coefficient (Wildman–Crippen LogP) is 3.14. The van der Waals surface area contributed by atoms with Crippen molar-refractivity contribution in [1.29, 1.82) is 5.26 Å². The Labute approximate surface area is 205 Å². The third kappa shape index (κ3) is 3.53. The Kier molecular flexibility index (Phi) is 5.24. The van der Waals surface area contributed by atoms with Gasteiger partial charge in [-0.2, -0.15) is 5.26 Å². The van der Waals surface area contributed by atoms with Crippen LogP contribution in [0.25, 0.3) is 22.0 Å². The summed E-state index contributed by atoms with van der Waals surface area (Å²) in [5.74, 6) is -1.15. The summed E-state index contributed by atoms with van der Waals surface area (Å²) in [7, 11) is -4.32. The molecule has 0 bridgehead atoms. The number of pyridine rings is 2. The summed E-state index contributed by atoms with van der Waals surface area (Å²) in [6.45, 7) is 2.68. The van der Waals surface area contributed by atoms with Crippen molar-refractivity contribution in [3.05, 3.63) is 72.4 Å². The van der Waals surface area contributed by atoms with E-state index in [1.807, 2.05) is 6.07 Å². The van der Waals surface area contributed by atoms with Gasteiger partial charge in [0.25, 0.3) is 10.0 Å². The number of aromatic nitrogens is 3. The van der Waals surface area contributed by atoms with Crippen LogP contribution >= 0.6 is 0 Å². The number of hydrogen-bond acceptors (Lipinski definition) is 7. The molecule has 0 radical (unpaired) electrons. The largest absolute Gasteiger partial charge is 0.366 e. The second-order valence-electron chi connectivity index (χ2n) is 9.10. The zero-order valence-electron chi connectivity index (χ0n) is 18.9. The third-order valence-electron chi connectivity index (χ3n) is 7.02. The highest BCUT2D eigenvalue weighted by Crippen LogP contribution is 2.36. The minimum absolute atomic E-state index is 0.182. The fourth-order valence-corrected chi connectivity index (χ4v) is 6.59. The predicted molar refractivity (Wildman–Crippen MR) is 129 cm³/mol. The van der Waals surface area contributed by atoms with E-state index < -0.39 is 26.6 Å². The lowest BCUT2D eigenvalue weighted by molar-refractivity contribution is 0.533. The summed E-state index contributed by atoms with van der Waals surface area (Å²) in [6.07, 6.45) is 5.79. The minimum Gasteiger partial charge on any atom is -0.366 e. The first kappa shape index (κ1) is 22.6. The van der Waals surface area contributed by atoms with Gasteiger partial charge in [-0.25, -0.2) is 26.2 Å². The molecule has 2 aliphatic heterocycles. The number of hydrogen-bond donors (Lipinski definition) is 1. The highest BCUT2D eigenvalue weighted by molar-refractivity contribution is 7.90. The van der Waals surface area contributed by atoms with Crippen LogP contribution in [-0.2, 0) is 10.0 Å². The maximum absolute atomic E-state index is 15.2. The first-order valence-electron chi connectivity index (χ1n) is 11.4. The molecule has 2 atom stereocenters. The molecular formula is C25H20F2N6O2S. The Hall–Kier alpha value is -3.88. The number of nitrogens with one attached hydrogen (secondary N) is 1. The lowest BCUT2D eigenvalue weighted by atomic mass is 10.0. The third-order valence-corrected chi connectivity index (χ3v) is 8.69. The first-order valence-corrected chi connectivity index (χ1v) is 12.8. The lowest BCUT2D eigenvalue weighted by Crippen LogP contribution is -2.27. The summed E-state index contributed by atoms with van der Waals surface area (Å²) in [5, 5.41) is 12.8. The van der Waals surface area contributed by atoms with Gasteiger partial charge in [-0.05, 0) is 42.2 Å². The Bertz CT molecular complexity index is 1610. The van der Waals surface area contributed by atoms with Gasteiger partial charge in [-0.1, -0.05) is 0 Å². The number of halogens is 2. The number of rotatable bonds is 4. The molecule has 8 nitrogen and oxygen atoms in total. The van der Waals surface area contributed by atoms with Crippen molar-refractivity contribution in [2.24, 2.45) is 11.8 Å². The highest BCUT2D eigenvalue weighted by atomic mass is 32.2. The van der Waals surface area contributed by atoms with Crippen LogP contribution in [0.3, 0.4) is 0 Å². The maximum Gasteiger partial charge on any atom is 0.268 e. The molecule has 11 heteroatoms. The van der Waals surface area contributed by atoms with Crippen molar-refractivity contribution in [1.82, 2.24) is 19.3 Å². The van der Waals surface area contributed by atoms with Gasteiger partial charge in [-0.15, -0.1) is 0 Å². The maximum atomic E-state index is 15.2. The smallest absolute Gasteiger partial charge is 0.268 e. The average molecular weight is 507 g/mol. The molecule has 36 heavy (non-hydrogen) atoms. The van der Waals surface area contributed by atoms with Gasteiger partial charge in [0.05, 0.1) is 16.6 Å². The number of benzene rings is 1. The van der Waals surface area contributed by atoms with Gasteiger partial charge in [0.1, 0.15) is 17.5 Å². The van der Waals surface area contributed by atoms with Crippen molar-refractivity contribution >= 4 is 26.6 Å². The van der Waals surface area contributed by atoms with E-state index in [4.69, 9.17) is 5.26 Å². The lowest BCUT2D eigenvalue weighted by Gasteiger charge is -2.21. The van der Waals surface area contributed by atoms with Crippen LogP contribution in [0.2, 0.25) is 0 Å². The molecule has 1 N–H and O–H groups in total. The van der Waals surface area contributed by atoms with Crippen molar-refractivity contribution < 1.29 is 17.2 Å². The molecule has 2 unspecified atom stereocenters. The van der Waals surface area contributed by atoms with Crippen LogP contribution in [0.1, 0.15) is 5.69 Å². The van der Waals surface area contributed by atoms with Gasteiger partial charge in [0.15, 0.2) is 11.6 Å². The molecule has 2 saturated heterocycles. The van der Waals surface area contributed by atoms with Crippen LogP contribution in [0.4, 0.5) is 14.5 Å². The number of anilines is 1. The van der Waals surface area contributed by atoms with E-state index in [2.05, 4.69) is 15.3 Å².